The van der Waals surface area contributed by atoms with Gasteiger partial charge in [0, 0.05) is 18.8 Å². The third kappa shape index (κ3) is 1.09. The second-order valence-electron chi connectivity index (χ2n) is 2.44. The van der Waals surface area contributed by atoms with E-state index < -0.39 is 0 Å². The third-order valence-corrected chi connectivity index (χ3v) is 1.77. The Labute approximate surface area is 64.6 Å². The molecule has 0 radical (unpaired) electrons. The van der Waals surface area contributed by atoms with Gasteiger partial charge in [0.1, 0.15) is 0 Å². The van der Waals surface area contributed by atoms with E-state index in [-0.39, 0.29) is 0 Å². The molecule has 1 heterocycles. The second kappa shape index (κ2) is 2.70. The van der Waals surface area contributed by atoms with Gasteiger partial charge in [-0.3, -0.25) is 9.59 Å². The highest BCUT2D eigenvalue weighted by Gasteiger charge is 2.07. The van der Waals surface area contributed by atoms with Crippen LogP contribution in [-0.4, -0.2) is 17.1 Å². The van der Waals surface area contributed by atoms with Crippen LogP contribution in [0.4, 0.5) is 0 Å². The molecule has 0 unspecified atom stereocenters. The minimum absolute atomic E-state index is 0.562. The predicted octanol–water partition coefficient (Wildman–Crippen LogP) is 0.959. The van der Waals surface area contributed by atoms with Gasteiger partial charge in [-0.2, -0.15) is 0 Å². The van der Waals surface area contributed by atoms with Crippen LogP contribution >= 0.6 is 0 Å². The van der Waals surface area contributed by atoms with Crippen LogP contribution in [0.3, 0.4) is 0 Å². The van der Waals surface area contributed by atoms with Gasteiger partial charge < -0.3 is 4.57 Å². The quantitative estimate of drug-likeness (QED) is 0.590. The monoisotopic (exact) mass is 151 g/mol. The van der Waals surface area contributed by atoms with Crippen LogP contribution < -0.4 is 0 Å². The van der Waals surface area contributed by atoms with Crippen LogP contribution in [0.1, 0.15) is 26.4 Å². The zero-order valence-electron chi connectivity index (χ0n) is 6.50. The van der Waals surface area contributed by atoms with Crippen molar-refractivity contribution in [3.8, 4) is 0 Å². The average Bonchev–Trinajstić information content (AvgIpc) is 2.26. The van der Waals surface area contributed by atoms with Crippen molar-refractivity contribution in [3.05, 3.63) is 23.0 Å². The van der Waals surface area contributed by atoms with Gasteiger partial charge >= 0.3 is 0 Å². The average molecular weight is 151 g/mol. The number of aryl methyl sites for hydroxylation is 1. The Morgan fingerprint density at radius 3 is 2.27 bits per heavy atom. The largest absolute Gasteiger partial charge is 0.347 e. The van der Waals surface area contributed by atoms with E-state index in [2.05, 4.69) is 0 Å². The Morgan fingerprint density at radius 1 is 1.36 bits per heavy atom. The molecule has 0 aliphatic heterocycles. The molecule has 11 heavy (non-hydrogen) atoms. The molecule has 1 aromatic rings. The molecule has 0 aliphatic rings. The maximum absolute atomic E-state index is 10.4. The van der Waals surface area contributed by atoms with Gasteiger partial charge in [-0.15, -0.1) is 0 Å². The molecule has 1 aromatic heterocycles. The van der Waals surface area contributed by atoms with Crippen LogP contribution in [0.25, 0.3) is 0 Å². The number of carbonyl (C=O) groups is 2. The van der Waals surface area contributed by atoms with Gasteiger partial charge in [0.2, 0.25) is 0 Å². The SMILES string of the molecule is Cc1c(C=O)cn(C)c1C=O. The van der Waals surface area contributed by atoms with Crippen molar-refractivity contribution in [2.45, 2.75) is 6.92 Å². The highest BCUT2D eigenvalue weighted by atomic mass is 16.1. The summed E-state index contributed by atoms with van der Waals surface area (Å²) in [6.07, 6.45) is 3.15. The Balaban J connectivity index is 3.35. The van der Waals surface area contributed by atoms with Crippen LogP contribution in [0.5, 0.6) is 0 Å². The Bertz CT molecular complexity index is 299. The lowest BCUT2D eigenvalue weighted by Gasteiger charge is -1.92. The molecular weight excluding hydrogens is 142 g/mol. The molecule has 0 spiro atoms. The first-order chi connectivity index (χ1) is 5.20. The number of rotatable bonds is 2. The smallest absolute Gasteiger partial charge is 0.166 e. The lowest BCUT2D eigenvalue weighted by Crippen LogP contribution is -1.93. The number of carbonyl (C=O) groups excluding carboxylic acids is 2. The molecule has 0 aliphatic carbocycles. The van der Waals surface area contributed by atoms with Crippen LogP contribution in [0.15, 0.2) is 6.20 Å². The molecule has 1 rings (SSSR count). The summed E-state index contributed by atoms with van der Waals surface area (Å²) in [5.41, 5.74) is 1.89. The van der Waals surface area contributed by atoms with E-state index in [1.807, 2.05) is 0 Å². The summed E-state index contributed by atoms with van der Waals surface area (Å²) < 4.78 is 1.64. The van der Waals surface area contributed by atoms with Crippen molar-refractivity contribution in [2.75, 3.05) is 0 Å². The maximum atomic E-state index is 10.4. The van der Waals surface area contributed by atoms with E-state index >= 15 is 0 Å². The van der Waals surface area contributed by atoms with E-state index in [9.17, 15) is 9.59 Å². The molecule has 3 nitrogen and oxygen atoms in total. The van der Waals surface area contributed by atoms with Crippen LogP contribution in [0.2, 0.25) is 0 Å². The predicted molar refractivity (Wildman–Crippen MR) is 40.9 cm³/mol. The molecule has 0 bridgehead atoms. The number of aromatic nitrogens is 1. The van der Waals surface area contributed by atoms with E-state index in [1.165, 1.54) is 0 Å². The molecule has 58 valence electrons. The van der Waals surface area contributed by atoms with Crippen molar-refractivity contribution in [3.63, 3.8) is 0 Å². The van der Waals surface area contributed by atoms with Crippen molar-refractivity contribution >= 4 is 12.6 Å². The first-order valence-electron chi connectivity index (χ1n) is 3.27. The van der Waals surface area contributed by atoms with Gasteiger partial charge in [-0.25, -0.2) is 0 Å². The van der Waals surface area contributed by atoms with Gasteiger partial charge in [-0.05, 0) is 12.5 Å². The lowest BCUT2D eigenvalue weighted by atomic mass is 10.2. The number of hydrogen-bond acceptors (Lipinski definition) is 2. The summed E-state index contributed by atoms with van der Waals surface area (Å²) in [5.74, 6) is 0. The standard InChI is InChI=1S/C8H9NO2/c1-6-7(4-10)3-9(2)8(6)5-11/h3-5H,1-2H3. The first kappa shape index (κ1) is 7.72. The summed E-state index contributed by atoms with van der Waals surface area (Å²) in [6.45, 7) is 1.76. The van der Waals surface area contributed by atoms with E-state index in [0.29, 0.717) is 11.3 Å². The number of nitrogens with zero attached hydrogens (tertiary/aromatic N) is 1. The summed E-state index contributed by atoms with van der Waals surface area (Å²) >= 11 is 0. The number of hydrogen-bond donors (Lipinski definition) is 0. The molecule has 0 saturated carbocycles. The highest BCUT2D eigenvalue weighted by molar-refractivity contribution is 5.84. The van der Waals surface area contributed by atoms with Gasteiger partial charge in [0.15, 0.2) is 12.6 Å². The molecule has 0 N–H and O–H groups in total. The summed E-state index contributed by atoms with van der Waals surface area (Å²) in [4.78, 5) is 20.8. The molecule has 3 heteroatoms. The van der Waals surface area contributed by atoms with Crippen molar-refractivity contribution < 1.29 is 9.59 Å². The molecule has 0 fully saturated rings. The molecule has 0 amide bonds. The van der Waals surface area contributed by atoms with E-state index in [4.69, 9.17) is 0 Å². The molecule has 0 saturated heterocycles. The molecule has 0 atom stereocenters. The van der Waals surface area contributed by atoms with Crippen molar-refractivity contribution in [1.29, 1.82) is 0 Å². The topological polar surface area (TPSA) is 39.1 Å². The van der Waals surface area contributed by atoms with Gasteiger partial charge in [0.05, 0.1) is 5.69 Å². The zero-order valence-corrected chi connectivity index (χ0v) is 6.50. The minimum Gasteiger partial charge on any atom is -0.347 e. The van der Waals surface area contributed by atoms with Gasteiger partial charge in [-0.1, -0.05) is 0 Å². The fourth-order valence-corrected chi connectivity index (χ4v) is 1.08. The highest BCUT2D eigenvalue weighted by Crippen LogP contribution is 2.10. The second-order valence-corrected chi connectivity index (χ2v) is 2.44. The summed E-state index contributed by atoms with van der Waals surface area (Å²) in [5, 5.41) is 0. The molecule has 0 aromatic carbocycles. The maximum Gasteiger partial charge on any atom is 0.166 e. The van der Waals surface area contributed by atoms with Crippen molar-refractivity contribution in [1.82, 2.24) is 4.57 Å². The fourth-order valence-electron chi connectivity index (χ4n) is 1.08. The van der Waals surface area contributed by atoms with E-state index in [1.54, 1.807) is 24.7 Å². The summed E-state index contributed by atoms with van der Waals surface area (Å²) in [7, 11) is 1.74. The minimum atomic E-state index is 0.562. The van der Waals surface area contributed by atoms with Gasteiger partial charge in [0.25, 0.3) is 0 Å². The Hall–Kier alpha value is -1.38. The first-order valence-corrected chi connectivity index (χ1v) is 3.27. The van der Waals surface area contributed by atoms with Crippen LogP contribution in [-0.2, 0) is 7.05 Å². The van der Waals surface area contributed by atoms with Crippen molar-refractivity contribution in [2.24, 2.45) is 7.05 Å². The van der Waals surface area contributed by atoms with Crippen LogP contribution in [0, 0.1) is 6.92 Å². The fraction of sp³-hybridized carbons (Fsp3) is 0.250. The Kier molecular flexibility index (Phi) is 1.89. The zero-order chi connectivity index (χ0) is 8.43. The third-order valence-electron chi connectivity index (χ3n) is 1.77. The molecular formula is C8H9NO2. The normalized spacial score (nSPS) is 9.64. The lowest BCUT2D eigenvalue weighted by molar-refractivity contribution is 0.111. The van der Waals surface area contributed by atoms with E-state index in [0.717, 1.165) is 18.1 Å². The Morgan fingerprint density at radius 2 is 2.00 bits per heavy atom. The number of aldehydes is 2. The summed E-state index contributed by atoms with van der Waals surface area (Å²) in [6, 6.07) is 0.